The summed E-state index contributed by atoms with van der Waals surface area (Å²) in [4.78, 5) is 0.659. The van der Waals surface area contributed by atoms with Gasteiger partial charge in [0, 0.05) is 5.56 Å². The van der Waals surface area contributed by atoms with Crippen molar-refractivity contribution in [1.29, 1.82) is 0 Å². The summed E-state index contributed by atoms with van der Waals surface area (Å²) in [6, 6.07) is 11.0. The summed E-state index contributed by atoms with van der Waals surface area (Å²) in [7, 11) is 6.32. The predicted octanol–water partition coefficient (Wildman–Crippen LogP) is 3.47. The smallest absolute Gasteiger partial charge is 0.235 e. The highest BCUT2D eigenvalue weighted by atomic mass is 32.1. The summed E-state index contributed by atoms with van der Waals surface area (Å²) in [5.74, 6) is 3.64. The molecule has 30 heavy (non-hydrogen) atoms. The first-order valence-electron chi connectivity index (χ1n) is 8.95. The van der Waals surface area contributed by atoms with Gasteiger partial charge in [0.05, 0.1) is 28.4 Å². The molecule has 0 unspecified atom stereocenters. The molecule has 2 heterocycles. The maximum Gasteiger partial charge on any atom is 0.235 e. The minimum absolute atomic E-state index is 0.315. The van der Waals surface area contributed by atoms with E-state index in [0.717, 1.165) is 22.1 Å². The topological polar surface area (TPSA) is 89.2 Å². The van der Waals surface area contributed by atoms with Crippen LogP contribution in [-0.4, -0.2) is 48.3 Å². The summed E-state index contributed by atoms with van der Waals surface area (Å²) in [5.41, 5.74) is 0.741. The van der Waals surface area contributed by atoms with Gasteiger partial charge < -0.3 is 23.7 Å². The van der Waals surface area contributed by atoms with Crippen LogP contribution < -0.4 is 23.7 Å². The van der Waals surface area contributed by atoms with Gasteiger partial charge in [-0.15, -0.1) is 10.2 Å². The van der Waals surface area contributed by atoms with E-state index in [-0.39, 0.29) is 0 Å². The van der Waals surface area contributed by atoms with E-state index in [4.69, 9.17) is 23.7 Å². The summed E-state index contributed by atoms with van der Waals surface area (Å²) in [6.45, 7) is 0.315. The fourth-order valence-corrected chi connectivity index (χ4v) is 3.67. The van der Waals surface area contributed by atoms with Crippen LogP contribution in [0.15, 0.2) is 36.4 Å². The van der Waals surface area contributed by atoms with Crippen LogP contribution in [0, 0.1) is 0 Å². The highest BCUT2D eigenvalue weighted by molar-refractivity contribution is 7.16. The fourth-order valence-electron chi connectivity index (χ4n) is 2.92. The Morgan fingerprint density at radius 1 is 0.833 bits per heavy atom. The molecule has 0 bridgehead atoms. The lowest BCUT2D eigenvalue weighted by Gasteiger charge is -2.13. The zero-order valence-electron chi connectivity index (χ0n) is 16.9. The standard InChI is InChI=1S/C20H20N4O5S/c1-25-13-5-7-14(8-6-13)29-11-17-23-24-19(21-22-20(24)30-17)12-9-15(26-2)18(28-4)16(10-12)27-3/h5-10H,11H2,1-4H3. The van der Waals surface area contributed by atoms with Gasteiger partial charge in [0.1, 0.15) is 18.1 Å². The molecular weight excluding hydrogens is 408 g/mol. The molecule has 0 amide bonds. The summed E-state index contributed by atoms with van der Waals surface area (Å²) >= 11 is 1.41. The van der Waals surface area contributed by atoms with Gasteiger partial charge in [-0.05, 0) is 36.4 Å². The van der Waals surface area contributed by atoms with E-state index < -0.39 is 0 Å². The molecule has 156 valence electrons. The van der Waals surface area contributed by atoms with Crippen molar-refractivity contribution in [3.8, 4) is 40.1 Å². The zero-order valence-corrected chi connectivity index (χ0v) is 17.7. The van der Waals surface area contributed by atoms with E-state index in [2.05, 4.69) is 15.3 Å². The first kappa shape index (κ1) is 19.8. The quantitative estimate of drug-likeness (QED) is 0.422. The molecule has 4 aromatic rings. The average molecular weight is 428 g/mol. The molecule has 2 aromatic heterocycles. The third-order valence-corrected chi connectivity index (χ3v) is 5.25. The van der Waals surface area contributed by atoms with Gasteiger partial charge in [-0.1, -0.05) is 11.3 Å². The SMILES string of the molecule is COc1ccc(OCc2nn3c(-c4cc(OC)c(OC)c(OC)c4)nnc3s2)cc1. The largest absolute Gasteiger partial charge is 0.497 e. The summed E-state index contributed by atoms with van der Waals surface area (Å²) < 4.78 is 28.9. The number of aromatic nitrogens is 4. The molecule has 0 spiro atoms. The van der Waals surface area contributed by atoms with E-state index in [0.29, 0.717) is 34.6 Å². The number of rotatable bonds is 8. The van der Waals surface area contributed by atoms with Crippen LogP contribution in [0.2, 0.25) is 0 Å². The van der Waals surface area contributed by atoms with Crippen molar-refractivity contribution in [2.75, 3.05) is 28.4 Å². The third kappa shape index (κ3) is 3.69. The van der Waals surface area contributed by atoms with E-state index in [9.17, 15) is 0 Å². The van der Waals surface area contributed by atoms with Crippen molar-refractivity contribution in [2.24, 2.45) is 0 Å². The van der Waals surface area contributed by atoms with Gasteiger partial charge in [0.25, 0.3) is 0 Å². The molecule has 0 aliphatic rings. The van der Waals surface area contributed by atoms with E-state index in [1.807, 2.05) is 36.4 Å². The van der Waals surface area contributed by atoms with Crippen LogP contribution in [0.4, 0.5) is 0 Å². The maximum absolute atomic E-state index is 5.81. The molecule has 0 atom stereocenters. The van der Waals surface area contributed by atoms with Crippen molar-refractivity contribution in [3.63, 3.8) is 0 Å². The summed E-state index contributed by atoms with van der Waals surface area (Å²) in [6.07, 6.45) is 0. The van der Waals surface area contributed by atoms with Gasteiger partial charge in [-0.25, -0.2) is 0 Å². The van der Waals surface area contributed by atoms with Crippen molar-refractivity contribution in [1.82, 2.24) is 19.8 Å². The van der Waals surface area contributed by atoms with Crippen molar-refractivity contribution < 1.29 is 23.7 Å². The van der Waals surface area contributed by atoms with Crippen LogP contribution in [0.25, 0.3) is 16.3 Å². The Hall–Kier alpha value is -3.53. The van der Waals surface area contributed by atoms with Gasteiger partial charge in [-0.3, -0.25) is 0 Å². The van der Waals surface area contributed by atoms with Crippen molar-refractivity contribution >= 4 is 16.3 Å². The first-order chi connectivity index (χ1) is 14.7. The average Bonchev–Trinajstić information content (AvgIpc) is 3.37. The molecule has 2 aromatic carbocycles. The number of methoxy groups -OCH3 is 4. The second kappa shape index (κ2) is 8.46. The molecular formula is C20H20N4O5S. The Bertz CT molecular complexity index is 1130. The number of ether oxygens (including phenoxy) is 5. The molecule has 9 nitrogen and oxygen atoms in total. The number of benzene rings is 2. The van der Waals surface area contributed by atoms with Gasteiger partial charge in [-0.2, -0.15) is 9.61 Å². The number of fused-ring (bicyclic) bond motifs is 1. The van der Waals surface area contributed by atoms with Crippen molar-refractivity contribution in [2.45, 2.75) is 6.61 Å². The Balaban J connectivity index is 1.61. The second-order valence-corrected chi connectivity index (χ2v) is 7.13. The van der Waals surface area contributed by atoms with Gasteiger partial charge >= 0.3 is 0 Å². The maximum atomic E-state index is 5.81. The third-order valence-electron chi connectivity index (χ3n) is 4.38. The molecule has 0 aliphatic carbocycles. The van der Waals surface area contributed by atoms with Crippen LogP contribution in [0.5, 0.6) is 28.7 Å². The van der Waals surface area contributed by atoms with Crippen LogP contribution in [0.1, 0.15) is 5.01 Å². The fraction of sp³-hybridized carbons (Fsp3) is 0.250. The monoisotopic (exact) mass is 428 g/mol. The Morgan fingerprint density at radius 2 is 1.50 bits per heavy atom. The van der Waals surface area contributed by atoms with Gasteiger partial charge in [0.15, 0.2) is 22.3 Å². The van der Waals surface area contributed by atoms with E-state index in [1.165, 1.54) is 11.3 Å². The van der Waals surface area contributed by atoms with Crippen LogP contribution in [-0.2, 0) is 6.61 Å². The minimum atomic E-state index is 0.315. The molecule has 0 saturated carbocycles. The normalized spacial score (nSPS) is 10.8. The van der Waals surface area contributed by atoms with E-state index >= 15 is 0 Å². The highest BCUT2D eigenvalue weighted by Crippen LogP contribution is 2.41. The number of hydrogen-bond donors (Lipinski definition) is 0. The molecule has 0 radical (unpaired) electrons. The number of nitrogens with zero attached hydrogens (tertiary/aromatic N) is 4. The predicted molar refractivity (Wildman–Crippen MR) is 111 cm³/mol. The minimum Gasteiger partial charge on any atom is -0.497 e. The number of hydrogen-bond acceptors (Lipinski definition) is 9. The first-order valence-corrected chi connectivity index (χ1v) is 9.76. The summed E-state index contributed by atoms with van der Waals surface area (Å²) in [5, 5.41) is 13.9. The van der Waals surface area contributed by atoms with Crippen LogP contribution >= 0.6 is 11.3 Å². The Kier molecular flexibility index (Phi) is 5.57. The van der Waals surface area contributed by atoms with Crippen molar-refractivity contribution in [3.05, 3.63) is 41.4 Å². The molecule has 0 aliphatic heterocycles. The molecule has 0 saturated heterocycles. The second-order valence-electron chi connectivity index (χ2n) is 6.09. The lowest BCUT2D eigenvalue weighted by atomic mass is 10.1. The molecule has 0 fully saturated rings. The highest BCUT2D eigenvalue weighted by Gasteiger charge is 2.19. The Morgan fingerprint density at radius 3 is 2.10 bits per heavy atom. The zero-order chi connectivity index (χ0) is 21.1. The van der Waals surface area contributed by atoms with E-state index in [1.54, 1.807) is 33.0 Å². The molecule has 4 rings (SSSR count). The molecule has 10 heteroatoms. The Labute approximate surface area is 176 Å². The lowest BCUT2D eigenvalue weighted by molar-refractivity contribution is 0.303. The van der Waals surface area contributed by atoms with Crippen LogP contribution in [0.3, 0.4) is 0 Å². The molecule has 0 N–H and O–H groups in total. The lowest BCUT2D eigenvalue weighted by Crippen LogP contribution is -1.99. The van der Waals surface area contributed by atoms with Gasteiger partial charge in [0.2, 0.25) is 10.7 Å².